The Balaban J connectivity index is 1.16. The number of carbonyl (C=O) groups excluding carboxylic acids is 1. The summed E-state index contributed by atoms with van der Waals surface area (Å²) >= 11 is 0. The van der Waals surface area contributed by atoms with Gasteiger partial charge < -0.3 is 28.7 Å². The first kappa shape index (κ1) is 50.4. The fraction of sp³-hybridized carbons (Fsp3) is 0.509. The van der Waals surface area contributed by atoms with Gasteiger partial charge in [-0.15, -0.1) is 0 Å². The van der Waals surface area contributed by atoms with Crippen LogP contribution in [0.4, 0.5) is 51.4 Å². The first-order chi connectivity index (χ1) is 34.5. The number of carbonyl (C=O) groups is 1. The zero-order valence-electron chi connectivity index (χ0n) is 41.4. The third-order valence-corrected chi connectivity index (χ3v) is 15.1. The topological polar surface area (TPSA) is 106 Å². The highest BCUT2D eigenvalue weighted by Crippen LogP contribution is 2.55. The van der Waals surface area contributed by atoms with Crippen LogP contribution in [-0.4, -0.2) is 106 Å². The summed E-state index contributed by atoms with van der Waals surface area (Å²) in [5, 5.41) is -0.116. The molecule has 2 bridgehead atoms. The number of ether oxygens (including phenoxy) is 4. The van der Waals surface area contributed by atoms with Crippen LogP contribution >= 0.6 is 0 Å². The van der Waals surface area contributed by atoms with Gasteiger partial charge in [-0.05, 0) is 113 Å². The Kier molecular flexibility index (Phi) is 12.6. The molecule has 5 aromatic rings. The van der Waals surface area contributed by atoms with E-state index in [0.29, 0.717) is 40.5 Å². The quantitative estimate of drug-likeness (QED) is 0.0933. The van der Waals surface area contributed by atoms with Gasteiger partial charge in [0.15, 0.2) is 5.82 Å². The number of hydrogen-bond acceptors (Lipinski definition) is 11. The summed E-state index contributed by atoms with van der Waals surface area (Å²) in [6.07, 6.45) is -6.90. The van der Waals surface area contributed by atoms with E-state index in [-0.39, 0.29) is 74.5 Å². The Morgan fingerprint density at radius 3 is 2.15 bits per heavy atom. The molecule has 0 unspecified atom stereocenters. The Hall–Kier alpha value is -6.18. The zero-order valence-corrected chi connectivity index (χ0v) is 41.4. The highest BCUT2D eigenvalue weighted by Gasteiger charge is 2.69. The Morgan fingerprint density at radius 2 is 1.53 bits per heavy atom. The molecule has 0 saturated carbocycles. The summed E-state index contributed by atoms with van der Waals surface area (Å²) in [4.78, 5) is 33.0. The Labute approximate surface area is 417 Å². The van der Waals surface area contributed by atoms with Crippen molar-refractivity contribution in [3.8, 4) is 28.8 Å². The van der Waals surface area contributed by atoms with Crippen LogP contribution in [0.3, 0.4) is 0 Å². The van der Waals surface area contributed by atoms with Gasteiger partial charge in [0.05, 0.1) is 54.7 Å². The molecule has 390 valence electrons. The van der Waals surface area contributed by atoms with E-state index in [4.69, 9.17) is 23.9 Å². The SMILES string of the molecule is COc1ccc(CN(Cc2ccc(OC)cc2)c2cc(-c3nc4c5c(nc(OC[C@@]67CCCN6C[C@H](F)C7)nc5c3F)N3C[C@@]5(F)CC[C@@](F)([C@H]3CCC4)N5C(=O)OC(C)(C)C)c(C(F)(F)F)c(C)c2F)cc1. The van der Waals surface area contributed by atoms with Crippen LogP contribution < -0.4 is 24.0 Å². The van der Waals surface area contributed by atoms with E-state index in [1.54, 1.807) is 74.2 Å². The average Bonchev–Trinajstić information content (AvgIpc) is 3.93. The number of pyridine rings is 1. The van der Waals surface area contributed by atoms with Crippen LogP contribution in [-0.2, 0) is 30.4 Å². The minimum absolute atomic E-state index is 0.0100. The molecule has 0 N–H and O–H groups in total. The number of piperazine rings is 1. The smallest absolute Gasteiger partial charge is 0.417 e. The number of aryl methyl sites for hydroxylation is 1. The molecule has 5 aliphatic heterocycles. The van der Waals surface area contributed by atoms with Crippen molar-refractivity contribution in [3.05, 3.63) is 94.2 Å². The van der Waals surface area contributed by atoms with Crippen molar-refractivity contribution in [1.29, 1.82) is 0 Å². The third kappa shape index (κ3) is 8.98. The standard InChI is InChI=1S/C53H57F8N7O5/c1-30-41(53(59,60)61)36(23-38(42(30)55)65(25-31-11-15-34(70-5)16-12-31)26-32-13-17-35(71-6)18-14-32)44-43(56)45-40-37(62-44)9-7-10-39-52(58)21-20-51(57,68(52)48(69)73-49(2,3)4)28-67(39)46(40)64-47(63-45)72-29-50-19-8-22-66(50)27-33(54)24-50/h11-18,23,33,39H,7-10,19-22,24-29H2,1-6H3/t33-,39-,50+,51-,52+/m1/s1. The zero-order chi connectivity index (χ0) is 52.0. The minimum atomic E-state index is -5.23. The van der Waals surface area contributed by atoms with Crippen molar-refractivity contribution in [2.24, 2.45) is 0 Å². The monoisotopic (exact) mass is 1020 g/mol. The van der Waals surface area contributed by atoms with E-state index in [2.05, 4.69) is 9.97 Å². The van der Waals surface area contributed by atoms with Crippen LogP contribution in [0, 0.1) is 18.6 Å². The number of methoxy groups -OCH3 is 2. The van der Waals surface area contributed by atoms with Crippen LogP contribution in [0.2, 0.25) is 0 Å². The van der Waals surface area contributed by atoms with E-state index in [1.165, 1.54) is 19.1 Å². The normalized spacial score (nSPS) is 24.8. The first-order valence-corrected chi connectivity index (χ1v) is 24.6. The van der Waals surface area contributed by atoms with Gasteiger partial charge in [0.2, 0.25) is 11.6 Å². The fourth-order valence-electron chi connectivity index (χ4n) is 11.9. The molecule has 0 radical (unpaired) electrons. The molecular formula is C53H57F8N7O5. The predicted molar refractivity (Wildman–Crippen MR) is 256 cm³/mol. The van der Waals surface area contributed by atoms with Crippen molar-refractivity contribution in [2.75, 3.05) is 50.3 Å². The summed E-state index contributed by atoms with van der Waals surface area (Å²) in [5.74, 6) is -6.94. The molecule has 73 heavy (non-hydrogen) atoms. The molecule has 10 rings (SSSR count). The molecule has 7 heterocycles. The summed E-state index contributed by atoms with van der Waals surface area (Å²) in [5.41, 5.74) is -5.20. The minimum Gasteiger partial charge on any atom is -0.497 e. The molecule has 5 aliphatic rings. The maximum atomic E-state index is 18.1. The van der Waals surface area contributed by atoms with E-state index in [9.17, 15) is 9.18 Å². The second-order valence-corrected chi connectivity index (χ2v) is 21.0. The molecule has 3 aromatic carbocycles. The van der Waals surface area contributed by atoms with Gasteiger partial charge in [0.1, 0.15) is 52.7 Å². The lowest BCUT2D eigenvalue weighted by atomic mass is 9.90. The predicted octanol–water partition coefficient (Wildman–Crippen LogP) is 11.4. The lowest BCUT2D eigenvalue weighted by Gasteiger charge is -2.52. The lowest BCUT2D eigenvalue weighted by Crippen LogP contribution is -2.71. The van der Waals surface area contributed by atoms with Gasteiger partial charge >= 0.3 is 18.3 Å². The van der Waals surface area contributed by atoms with E-state index >= 15 is 30.7 Å². The third-order valence-electron chi connectivity index (χ3n) is 15.1. The molecule has 0 aliphatic carbocycles. The van der Waals surface area contributed by atoms with Gasteiger partial charge in [0, 0.05) is 44.5 Å². The summed E-state index contributed by atoms with van der Waals surface area (Å²) in [6.45, 7) is 5.71. The van der Waals surface area contributed by atoms with E-state index in [0.717, 1.165) is 19.4 Å². The highest BCUT2D eigenvalue weighted by atomic mass is 19.4. The number of halogens is 8. The van der Waals surface area contributed by atoms with Gasteiger partial charge in [-0.2, -0.15) is 23.1 Å². The van der Waals surface area contributed by atoms with Crippen molar-refractivity contribution in [3.63, 3.8) is 0 Å². The molecule has 4 fully saturated rings. The fourth-order valence-corrected chi connectivity index (χ4v) is 11.9. The van der Waals surface area contributed by atoms with Crippen LogP contribution in [0.25, 0.3) is 22.2 Å². The molecule has 4 saturated heterocycles. The van der Waals surface area contributed by atoms with E-state index < -0.39 is 112 Å². The molecule has 2 aromatic heterocycles. The molecular weight excluding hydrogens is 967 g/mol. The summed E-state index contributed by atoms with van der Waals surface area (Å²) in [7, 11) is 3.00. The number of rotatable bonds is 11. The number of alkyl halides is 6. The number of fused-ring (bicyclic) bond motifs is 6. The number of amides is 1. The van der Waals surface area contributed by atoms with Crippen LogP contribution in [0.1, 0.15) is 93.7 Å². The number of aromatic nitrogens is 3. The van der Waals surface area contributed by atoms with Gasteiger partial charge in [-0.3, -0.25) is 4.90 Å². The number of anilines is 2. The van der Waals surface area contributed by atoms with Crippen molar-refractivity contribution in [1.82, 2.24) is 24.8 Å². The Bertz CT molecular complexity index is 2890. The second-order valence-electron chi connectivity index (χ2n) is 21.0. The summed E-state index contributed by atoms with van der Waals surface area (Å²) in [6, 6.07) is 13.0. The number of hydrogen-bond donors (Lipinski definition) is 0. The molecule has 5 atom stereocenters. The largest absolute Gasteiger partial charge is 0.497 e. The maximum Gasteiger partial charge on any atom is 0.417 e. The van der Waals surface area contributed by atoms with Gasteiger partial charge in [0.25, 0.3) is 0 Å². The lowest BCUT2D eigenvalue weighted by molar-refractivity contribution is -0.137. The van der Waals surface area contributed by atoms with Crippen molar-refractivity contribution in [2.45, 2.75) is 133 Å². The second kappa shape index (κ2) is 18.3. The molecule has 20 heteroatoms. The van der Waals surface area contributed by atoms with Crippen LogP contribution in [0.5, 0.6) is 17.5 Å². The summed E-state index contributed by atoms with van der Waals surface area (Å²) < 4.78 is 155. The van der Waals surface area contributed by atoms with Crippen molar-refractivity contribution >= 4 is 28.5 Å². The number of nitrogens with zero attached hydrogens (tertiary/aromatic N) is 7. The van der Waals surface area contributed by atoms with Gasteiger partial charge in [-0.1, -0.05) is 24.3 Å². The maximum absolute atomic E-state index is 18.1. The molecule has 12 nitrogen and oxygen atoms in total. The highest BCUT2D eigenvalue weighted by molar-refractivity contribution is 5.96. The average molecular weight is 1020 g/mol. The van der Waals surface area contributed by atoms with Gasteiger partial charge in [-0.25, -0.2) is 36.6 Å². The van der Waals surface area contributed by atoms with Crippen LogP contribution in [0.15, 0.2) is 54.6 Å². The van der Waals surface area contributed by atoms with E-state index in [1.807, 2.05) is 4.90 Å². The van der Waals surface area contributed by atoms with Crippen molar-refractivity contribution < 1.29 is 58.9 Å². The number of benzene rings is 3. The Morgan fingerprint density at radius 1 is 0.877 bits per heavy atom. The molecule has 0 spiro atoms. The molecule has 1 amide bonds. The first-order valence-electron chi connectivity index (χ1n) is 24.6.